The van der Waals surface area contributed by atoms with Crippen LogP contribution in [-0.4, -0.2) is 9.97 Å². The number of aryl methyl sites for hydroxylation is 2. The molecule has 3 nitrogen and oxygen atoms in total. The Bertz CT molecular complexity index is 3290. The van der Waals surface area contributed by atoms with Gasteiger partial charge in [0.05, 0.1) is 5.58 Å². The van der Waals surface area contributed by atoms with Crippen molar-refractivity contribution in [2.24, 2.45) is 10.8 Å². The molecule has 4 heteroatoms. The molecule has 9 aromatic rings. The molecule has 9 rings (SSSR count). The number of hydrogen-bond donors (Lipinski definition) is 0. The maximum atomic E-state index is 8.87. The predicted molar refractivity (Wildman–Crippen MR) is 241 cm³/mol. The van der Waals surface area contributed by atoms with Crippen molar-refractivity contribution in [3.63, 3.8) is 0 Å². The van der Waals surface area contributed by atoms with Crippen LogP contribution in [0.25, 0.3) is 77.1 Å². The molecule has 0 bridgehead atoms. The molecule has 0 amide bonds. The molecule has 0 fully saturated rings. The Morgan fingerprint density at radius 2 is 1.34 bits per heavy atom. The minimum atomic E-state index is -2.51. The molecule has 0 aliphatic heterocycles. The van der Waals surface area contributed by atoms with E-state index in [9.17, 15) is 0 Å². The van der Waals surface area contributed by atoms with Crippen LogP contribution < -0.4 is 0 Å². The summed E-state index contributed by atoms with van der Waals surface area (Å²) in [4.78, 5) is 8.93. The van der Waals surface area contributed by atoms with E-state index in [-0.39, 0.29) is 36.8 Å². The van der Waals surface area contributed by atoms with Crippen molar-refractivity contribution in [1.29, 1.82) is 0 Å². The van der Waals surface area contributed by atoms with Gasteiger partial charge in [-0.1, -0.05) is 168 Å². The van der Waals surface area contributed by atoms with E-state index in [0.717, 1.165) is 43.5 Å². The molecule has 6 aromatic carbocycles. The van der Waals surface area contributed by atoms with E-state index in [4.69, 9.17) is 18.1 Å². The molecule has 0 aliphatic carbocycles. The fourth-order valence-corrected chi connectivity index (χ4v) is 7.13. The summed E-state index contributed by atoms with van der Waals surface area (Å²) in [5, 5.41) is 6.17. The van der Waals surface area contributed by atoms with Crippen molar-refractivity contribution in [1.82, 2.24) is 9.97 Å². The van der Waals surface area contributed by atoms with Crippen LogP contribution in [-0.2, 0) is 32.9 Å². The van der Waals surface area contributed by atoms with E-state index in [2.05, 4.69) is 58.5 Å². The monoisotopic (exact) mass is 945 g/mol. The van der Waals surface area contributed by atoms with Crippen LogP contribution in [0.15, 0.2) is 138 Å². The maximum Gasteiger partial charge on any atom is 0.129 e. The SMILES string of the molecule is [2H]C([2H])([2H])c1c[c-]c(-c2ccc(C([2H])([2H])C(C)(C)C)cn2)cc1-c1ccccc1.[2H]C([2H])([2H])c1cnc(-c2[c-]ccc3c2oc2c3ccc3ccc4ccccc4c32)cc1C([2H])([2H])C(C)(C)C.[Ir]. The second-order valence-corrected chi connectivity index (χ2v) is 16.4. The quantitative estimate of drug-likeness (QED) is 0.127. The van der Waals surface area contributed by atoms with Crippen LogP contribution in [0.4, 0.5) is 0 Å². The zero-order chi connectivity index (χ0) is 48.5. The molecule has 58 heavy (non-hydrogen) atoms. The van der Waals surface area contributed by atoms with E-state index in [1.165, 1.54) is 12.3 Å². The van der Waals surface area contributed by atoms with Crippen LogP contribution in [0, 0.1) is 36.7 Å². The van der Waals surface area contributed by atoms with Crippen LogP contribution in [0.2, 0.25) is 0 Å². The van der Waals surface area contributed by atoms with Gasteiger partial charge in [-0.3, -0.25) is 0 Å². The molecule has 293 valence electrons. The average molecular weight is 945 g/mol. The van der Waals surface area contributed by atoms with Gasteiger partial charge in [0.2, 0.25) is 0 Å². The Labute approximate surface area is 371 Å². The minimum absolute atomic E-state index is 0. The second-order valence-electron chi connectivity index (χ2n) is 16.4. The third kappa shape index (κ3) is 8.70. The molecular formula is C54H50IrN2O-2. The maximum absolute atomic E-state index is 8.87. The fourth-order valence-electron chi connectivity index (χ4n) is 7.13. The summed E-state index contributed by atoms with van der Waals surface area (Å²) in [6.07, 6.45) is -0.623. The summed E-state index contributed by atoms with van der Waals surface area (Å²) in [6.45, 7) is 6.10. The Kier molecular flexibility index (Phi) is 8.44. The Balaban J connectivity index is 0.000000206. The first kappa shape index (κ1) is 29.8. The number of benzene rings is 6. The summed E-state index contributed by atoms with van der Waals surface area (Å²) in [6, 6.07) is 44.3. The number of fused-ring (bicyclic) bond motifs is 7. The predicted octanol–water partition coefficient (Wildman–Crippen LogP) is 14.8. The van der Waals surface area contributed by atoms with Crippen molar-refractivity contribution >= 4 is 43.5 Å². The number of nitrogens with zero attached hydrogens (tertiary/aromatic N) is 2. The standard InChI is InChI=1S/C31H26NO.C23H24N.Ir/c1-19-18-32-27(16-22(19)17-31(2,3)4)26-11-7-10-24-25-15-14-21-13-12-20-8-5-6-9-23(20)28(21)30(25)33-29(24)26;1-17-10-12-20(14-21(17)19-8-6-5-7-9-19)22-13-11-18(16-24-22)15-23(2,3)4;/h5-10,12-16,18H,17H2,1-4H3;5-11,13-14,16H,15H2,1-4H3;/q2*-1;/i1D3,17D2;1D3,15D2;. The third-order valence-corrected chi connectivity index (χ3v) is 9.57. The number of hydrogen-bond acceptors (Lipinski definition) is 3. The average Bonchev–Trinajstić information content (AvgIpc) is 3.67. The zero-order valence-electron chi connectivity index (χ0n) is 43.3. The van der Waals surface area contributed by atoms with Gasteiger partial charge in [0, 0.05) is 57.0 Å². The molecule has 0 spiro atoms. The zero-order valence-corrected chi connectivity index (χ0v) is 35.7. The Morgan fingerprint density at radius 3 is 2.09 bits per heavy atom. The van der Waals surface area contributed by atoms with Crippen LogP contribution in [0.1, 0.15) is 77.5 Å². The van der Waals surface area contributed by atoms with Gasteiger partial charge in [-0.05, 0) is 74.7 Å². The first-order chi connectivity index (χ1) is 31.3. The summed E-state index contributed by atoms with van der Waals surface area (Å²) in [7, 11) is 0. The van der Waals surface area contributed by atoms with E-state index >= 15 is 0 Å². The van der Waals surface area contributed by atoms with Gasteiger partial charge >= 0.3 is 0 Å². The normalized spacial score (nSPS) is 15.3. The third-order valence-electron chi connectivity index (χ3n) is 9.57. The number of aromatic nitrogens is 2. The topological polar surface area (TPSA) is 38.9 Å². The summed E-state index contributed by atoms with van der Waals surface area (Å²) in [5.74, 6) is 0. The Morgan fingerprint density at radius 1 is 0.638 bits per heavy atom. The smallest absolute Gasteiger partial charge is 0.129 e. The van der Waals surface area contributed by atoms with Crippen molar-refractivity contribution < 1.29 is 38.2 Å². The van der Waals surface area contributed by atoms with Crippen molar-refractivity contribution in [2.75, 3.05) is 0 Å². The van der Waals surface area contributed by atoms with Gasteiger partial charge in [0.25, 0.3) is 0 Å². The molecule has 0 N–H and O–H groups in total. The molecule has 1 radical (unpaired) electrons. The van der Waals surface area contributed by atoms with Crippen LogP contribution in [0.5, 0.6) is 0 Å². The second kappa shape index (κ2) is 16.4. The van der Waals surface area contributed by atoms with Gasteiger partial charge in [0.15, 0.2) is 0 Å². The van der Waals surface area contributed by atoms with Gasteiger partial charge in [-0.25, -0.2) is 0 Å². The van der Waals surface area contributed by atoms with Crippen molar-refractivity contribution in [3.8, 4) is 33.6 Å². The first-order valence-electron chi connectivity index (χ1n) is 24.1. The summed E-state index contributed by atoms with van der Waals surface area (Å²) < 4.78 is 88.7. The van der Waals surface area contributed by atoms with Crippen molar-refractivity contribution in [3.05, 3.63) is 168 Å². The Hall–Kier alpha value is -5.41. The minimum Gasteiger partial charge on any atom is -0.500 e. The van der Waals surface area contributed by atoms with Crippen LogP contribution >= 0.6 is 0 Å². The molecule has 0 atom stereocenters. The first-order valence-corrected chi connectivity index (χ1v) is 19.1. The fraction of sp³-hybridized carbons (Fsp3) is 0.222. The van der Waals surface area contributed by atoms with E-state index in [1.54, 1.807) is 57.3 Å². The number of pyridine rings is 2. The molecular weight excluding hydrogens is 885 g/mol. The van der Waals surface area contributed by atoms with Gasteiger partial charge < -0.3 is 14.4 Å². The van der Waals surface area contributed by atoms with Gasteiger partial charge in [0.1, 0.15) is 5.58 Å². The molecule has 0 unspecified atom stereocenters. The molecule has 0 saturated carbocycles. The summed E-state index contributed by atoms with van der Waals surface area (Å²) in [5.41, 5.74) is 4.41. The van der Waals surface area contributed by atoms with Gasteiger partial charge in [-0.15, -0.1) is 47.5 Å². The van der Waals surface area contributed by atoms with Crippen molar-refractivity contribution in [2.45, 2.75) is 68.0 Å². The van der Waals surface area contributed by atoms with Crippen LogP contribution in [0.3, 0.4) is 0 Å². The molecule has 0 saturated heterocycles. The largest absolute Gasteiger partial charge is 0.500 e. The van der Waals surface area contributed by atoms with Gasteiger partial charge in [-0.2, -0.15) is 0 Å². The summed E-state index contributed by atoms with van der Waals surface area (Å²) >= 11 is 0. The van der Waals surface area contributed by atoms with E-state index in [0.29, 0.717) is 39.2 Å². The number of furan rings is 1. The van der Waals surface area contributed by atoms with E-state index < -0.39 is 37.3 Å². The number of rotatable bonds is 5. The molecule has 0 aliphatic rings. The van der Waals surface area contributed by atoms with E-state index in [1.807, 2.05) is 69.3 Å². The molecule has 3 aromatic heterocycles. The molecule has 3 heterocycles.